The summed E-state index contributed by atoms with van der Waals surface area (Å²) in [6, 6.07) is 24.9. The van der Waals surface area contributed by atoms with Crippen molar-refractivity contribution in [1.82, 2.24) is 0 Å². The summed E-state index contributed by atoms with van der Waals surface area (Å²) in [4.78, 5) is 11.2. The molecule has 5 heteroatoms. The van der Waals surface area contributed by atoms with Crippen molar-refractivity contribution in [1.29, 1.82) is 0 Å². The van der Waals surface area contributed by atoms with E-state index in [9.17, 15) is 9.90 Å². The van der Waals surface area contributed by atoms with Crippen molar-refractivity contribution in [3.63, 3.8) is 0 Å². The van der Waals surface area contributed by atoms with Crippen molar-refractivity contribution >= 4 is 16.7 Å². The number of methoxy groups -OCH3 is 1. The molecule has 0 atom stereocenters. The van der Waals surface area contributed by atoms with Crippen LogP contribution in [0.5, 0.6) is 17.2 Å². The van der Waals surface area contributed by atoms with Crippen LogP contribution in [0.1, 0.15) is 18.1 Å². The number of phenols is 1. The van der Waals surface area contributed by atoms with Crippen LogP contribution in [0.2, 0.25) is 0 Å². The molecule has 32 heavy (non-hydrogen) atoms. The second kappa shape index (κ2) is 9.54. The largest absolute Gasteiger partial charge is 0.508 e. The predicted molar refractivity (Wildman–Crippen MR) is 124 cm³/mol. The van der Waals surface area contributed by atoms with Crippen LogP contribution in [0.4, 0.5) is 0 Å². The molecule has 0 saturated carbocycles. The number of hydrogen-bond acceptors (Lipinski definition) is 5. The molecule has 0 saturated heterocycles. The first-order valence-corrected chi connectivity index (χ1v) is 10.3. The number of fused-ring (bicyclic) bond motifs is 1. The van der Waals surface area contributed by atoms with Crippen molar-refractivity contribution in [3.05, 3.63) is 90.0 Å². The lowest BCUT2D eigenvalue weighted by molar-refractivity contribution is -0.131. The van der Waals surface area contributed by atoms with Crippen molar-refractivity contribution in [3.8, 4) is 28.4 Å². The van der Waals surface area contributed by atoms with Crippen LogP contribution in [0, 0.1) is 0 Å². The Balaban J connectivity index is 1.79. The van der Waals surface area contributed by atoms with Gasteiger partial charge in [0.2, 0.25) is 0 Å². The number of aromatic hydroxyl groups is 1. The summed E-state index contributed by atoms with van der Waals surface area (Å²) in [5.41, 5.74) is 4.36. The van der Waals surface area contributed by atoms with Gasteiger partial charge in [-0.25, -0.2) is 0 Å². The number of rotatable bonds is 7. The average molecular weight is 428 g/mol. The molecular formula is C27H24O5. The zero-order valence-corrected chi connectivity index (χ0v) is 18.0. The van der Waals surface area contributed by atoms with Gasteiger partial charge in [0.25, 0.3) is 0 Å². The second-order valence-corrected chi connectivity index (χ2v) is 7.49. The third-order valence-corrected chi connectivity index (χ3v) is 5.19. The van der Waals surface area contributed by atoms with Gasteiger partial charge in [-0.1, -0.05) is 42.5 Å². The molecule has 0 spiro atoms. The van der Waals surface area contributed by atoms with Gasteiger partial charge in [-0.3, -0.25) is 4.79 Å². The molecule has 4 aromatic rings. The Morgan fingerprint density at radius 3 is 2.28 bits per heavy atom. The highest BCUT2D eigenvalue weighted by Crippen LogP contribution is 2.35. The molecule has 0 aliphatic carbocycles. The van der Waals surface area contributed by atoms with E-state index in [-0.39, 0.29) is 18.5 Å². The monoisotopic (exact) mass is 428 g/mol. The Morgan fingerprint density at radius 1 is 0.875 bits per heavy atom. The highest BCUT2D eigenvalue weighted by atomic mass is 16.7. The number of carbonyl (C=O) groups is 1. The summed E-state index contributed by atoms with van der Waals surface area (Å²) >= 11 is 0. The number of carbonyl (C=O) groups excluding carboxylic acids is 1. The van der Waals surface area contributed by atoms with Crippen LogP contribution in [-0.2, 0) is 16.0 Å². The van der Waals surface area contributed by atoms with E-state index in [1.165, 1.54) is 6.92 Å². The zero-order chi connectivity index (χ0) is 22.5. The third-order valence-electron chi connectivity index (χ3n) is 5.19. The summed E-state index contributed by atoms with van der Waals surface area (Å²) in [5.74, 6) is 1.16. The Kier molecular flexibility index (Phi) is 6.38. The third kappa shape index (κ3) is 4.90. The fraction of sp³-hybridized carbons (Fsp3) is 0.148. The molecule has 162 valence electrons. The number of ether oxygens (including phenoxy) is 3. The molecule has 0 aromatic heterocycles. The van der Waals surface area contributed by atoms with Crippen molar-refractivity contribution in [2.75, 3.05) is 13.9 Å². The van der Waals surface area contributed by atoms with Gasteiger partial charge in [0.15, 0.2) is 6.79 Å². The standard InChI is InChI=1S/C27H24O5/c1-18(28)32-23-10-5-20(6-11-23)25-13-7-21-16-24(31-17-30-2)12-14-26(21)27(25)15-19-3-8-22(29)9-4-19/h3-14,16,29H,15,17H2,1-2H3. The Morgan fingerprint density at radius 2 is 1.59 bits per heavy atom. The second-order valence-electron chi connectivity index (χ2n) is 7.49. The number of esters is 1. The van der Waals surface area contributed by atoms with Crippen LogP contribution < -0.4 is 9.47 Å². The van der Waals surface area contributed by atoms with Crippen molar-refractivity contribution < 1.29 is 24.1 Å². The van der Waals surface area contributed by atoms with Crippen LogP contribution in [0.3, 0.4) is 0 Å². The van der Waals surface area contributed by atoms with Crippen molar-refractivity contribution in [2.45, 2.75) is 13.3 Å². The predicted octanol–water partition coefficient (Wildman–Crippen LogP) is 5.71. The maximum Gasteiger partial charge on any atom is 0.308 e. The first-order valence-electron chi connectivity index (χ1n) is 10.3. The van der Waals surface area contributed by atoms with E-state index < -0.39 is 0 Å². The van der Waals surface area contributed by atoms with Gasteiger partial charge in [-0.05, 0) is 75.8 Å². The van der Waals surface area contributed by atoms with E-state index >= 15 is 0 Å². The normalized spacial score (nSPS) is 10.8. The van der Waals surface area contributed by atoms with Crippen LogP contribution in [0.15, 0.2) is 78.9 Å². The molecule has 0 bridgehead atoms. The Hall–Kier alpha value is -3.83. The lowest BCUT2D eigenvalue weighted by atomic mass is 9.90. The van der Waals surface area contributed by atoms with E-state index in [1.54, 1.807) is 31.4 Å². The molecule has 0 heterocycles. The maximum atomic E-state index is 11.2. The average Bonchev–Trinajstić information content (AvgIpc) is 2.79. The molecular weight excluding hydrogens is 404 g/mol. The van der Waals surface area contributed by atoms with Gasteiger partial charge >= 0.3 is 5.97 Å². The molecule has 0 amide bonds. The first kappa shape index (κ1) is 21.4. The molecule has 5 nitrogen and oxygen atoms in total. The summed E-state index contributed by atoms with van der Waals surface area (Å²) in [6.07, 6.45) is 0.691. The summed E-state index contributed by atoms with van der Waals surface area (Å²) in [5, 5.41) is 11.8. The van der Waals surface area contributed by atoms with Crippen LogP contribution in [0.25, 0.3) is 21.9 Å². The Labute approximate surface area is 186 Å². The Bertz CT molecular complexity index is 1230. The summed E-state index contributed by atoms with van der Waals surface area (Å²) in [7, 11) is 1.59. The molecule has 0 radical (unpaired) electrons. The topological polar surface area (TPSA) is 65.0 Å². The molecule has 0 fully saturated rings. The fourth-order valence-corrected chi connectivity index (χ4v) is 3.74. The number of benzene rings is 4. The van der Waals surface area contributed by atoms with Crippen molar-refractivity contribution in [2.24, 2.45) is 0 Å². The highest BCUT2D eigenvalue weighted by molar-refractivity contribution is 5.93. The van der Waals surface area contributed by atoms with E-state index in [0.29, 0.717) is 12.2 Å². The number of hydrogen-bond donors (Lipinski definition) is 1. The summed E-state index contributed by atoms with van der Waals surface area (Å²) in [6.45, 7) is 1.58. The zero-order valence-electron chi connectivity index (χ0n) is 18.0. The minimum atomic E-state index is -0.344. The minimum absolute atomic E-state index is 0.193. The van der Waals surface area contributed by atoms with Gasteiger partial charge in [0.1, 0.15) is 17.2 Å². The van der Waals surface area contributed by atoms with Gasteiger partial charge in [-0.2, -0.15) is 0 Å². The van der Waals surface area contributed by atoms with Gasteiger partial charge in [0, 0.05) is 14.0 Å². The van der Waals surface area contributed by atoms with Gasteiger partial charge < -0.3 is 19.3 Å². The maximum absolute atomic E-state index is 11.2. The SMILES string of the molecule is COCOc1ccc2c(Cc3ccc(O)cc3)c(-c3ccc(OC(C)=O)cc3)ccc2c1. The molecule has 0 aliphatic rings. The molecule has 4 rings (SSSR count). The highest BCUT2D eigenvalue weighted by Gasteiger charge is 2.12. The number of phenolic OH excluding ortho intramolecular Hbond substituents is 1. The van der Waals surface area contributed by atoms with E-state index in [0.717, 1.165) is 38.8 Å². The lowest BCUT2D eigenvalue weighted by Gasteiger charge is -2.15. The summed E-state index contributed by atoms with van der Waals surface area (Å²) < 4.78 is 15.8. The molecule has 0 aliphatic heterocycles. The van der Waals surface area contributed by atoms with E-state index in [2.05, 4.69) is 18.2 Å². The van der Waals surface area contributed by atoms with Crippen LogP contribution >= 0.6 is 0 Å². The van der Waals surface area contributed by atoms with E-state index in [1.807, 2.05) is 36.4 Å². The van der Waals surface area contributed by atoms with Crippen LogP contribution in [-0.4, -0.2) is 25.0 Å². The van der Waals surface area contributed by atoms with Gasteiger partial charge in [-0.15, -0.1) is 0 Å². The lowest BCUT2D eigenvalue weighted by Crippen LogP contribution is -2.01. The first-order chi connectivity index (χ1) is 15.5. The minimum Gasteiger partial charge on any atom is -0.508 e. The smallest absolute Gasteiger partial charge is 0.308 e. The molecule has 4 aromatic carbocycles. The molecule has 0 unspecified atom stereocenters. The quantitative estimate of drug-likeness (QED) is 0.232. The van der Waals surface area contributed by atoms with E-state index in [4.69, 9.17) is 14.2 Å². The molecule has 1 N–H and O–H groups in total. The fourth-order valence-electron chi connectivity index (χ4n) is 3.74. The van der Waals surface area contributed by atoms with Gasteiger partial charge in [0.05, 0.1) is 0 Å².